The van der Waals surface area contributed by atoms with Crippen LogP contribution in [0.4, 0.5) is 38.0 Å². The molecule has 0 saturated heterocycles. The number of para-hydroxylation sites is 4. The molecule has 0 unspecified atom stereocenters. The predicted octanol–water partition coefficient (Wildman–Crippen LogP) is 8.75. The molecule has 5 N–H and O–H groups in total. The van der Waals surface area contributed by atoms with Gasteiger partial charge in [0.05, 0.1) is 22.5 Å². The van der Waals surface area contributed by atoms with Gasteiger partial charge in [0.1, 0.15) is 17.4 Å². The minimum atomic E-state index is -0.974. The van der Waals surface area contributed by atoms with Gasteiger partial charge >= 0.3 is 12.1 Å². The van der Waals surface area contributed by atoms with E-state index in [4.69, 9.17) is 0 Å². The van der Waals surface area contributed by atoms with E-state index in [0.717, 1.165) is 10.0 Å². The van der Waals surface area contributed by atoms with Crippen molar-refractivity contribution in [3.63, 3.8) is 0 Å². The van der Waals surface area contributed by atoms with Crippen LogP contribution in [0.3, 0.4) is 0 Å². The maximum Gasteiger partial charge on any atom is 0.346 e. The molecule has 13 heteroatoms. The number of carbonyl (C=O) groups excluding carboxylic acids is 3. The highest BCUT2D eigenvalue weighted by molar-refractivity contribution is 9.11. The van der Waals surface area contributed by atoms with Crippen molar-refractivity contribution in [3.8, 4) is 17.6 Å². The van der Waals surface area contributed by atoms with E-state index in [1.165, 1.54) is 30.3 Å². The number of anilines is 5. The molecule has 0 fully saturated rings. The lowest BCUT2D eigenvalue weighted by atomic mass is 10.1. The van der Waals surface area contributed by atoms with Crippen LogP contribution in [0.15, 0.2) is 118 Å². The van der Waals surface area contributed by atoms with Crippen LogP contribution >= 0.6 is 31.9 Å². The highest BCUT2D eigenvalue weighted by Gasteiger charge is 2.35. The largest absolute Gasteiger partial charge is 0.505 e. The van der Waals surface area contributed by atoms with E-state index in [-0.39, 0.29) is 22.5 Å². The van der Waals surface area contributed by atoms with Gasteiger partial charge in [0.2, 0.25) is 0 Å². The van der Waals surface area contributed by atoms with Crippen LogP contribution in [0.1, 0.15) is 21.5 Å². The number of amides is 5. The van der Waals surface area contributed by atoms with E-state index in [2.05, 4.69) is 47.8 Å². The van der Waals surface area contributed by atoms with Crippen LogP contribution in [0.2, 0.25) is 0 Å². The third kappa shape index (κ3) is 7.10. The van der Waals surface area contributed by atoms with Crippen LogP contribution in [0.5, 0.6) is 11.5 Å². The Bertz CT molecular complexity index is 2070. The SMILES string of the molecule is Cc1ccc(N(C(=O)Nc2ccccc2Br)N(C(=O)Nc2ccccc2Br)c2cccc(C(=O)Nc3ccccc3)c2O)c(O)c1C#N. The molecule has 5 amide bonds. The molecule has 0 aliphatic heterocycles. The second-order valence-electron chi connectivity index (χ2n) is 10.2. The second-order valence-corrected chi connectivity index (χ2v) is 11.9. The Morgan fingerprint density at radius 3 is 1.71 bits per heavy atom. The first kappa shape index (κ1) is 33.5. The highest BCUT2D eigenvalue weighted by Crippen LogP contribution is 2.40. The van der Waals surface area contributed by atoms with E-state index in [0.29, 0.717) is 31.6 Å². The number of aromatic hydroxyl groups is 2. The maximum atomic E-state index is 14.4. The molecule has 0 radical (unpaired) electrons. The van der Waals surface area contributed by atoms with Gasteiger partial charge in [-0.25, -0.2) is 9.59 Å². The van der Waals surface area contributed by atoms with Gasteiger partial charge in [0, 0.05) is 14.6 Å². The van der Waals surface area contributed by atoms with Crippen molar-refractivity contribution in [3.05, 3.63) is 135 Å². The van der Waals surface area contributed by atoms with Gasteiger partial charge in [-0.05, 0) is 98.9 Å². The third-order valence-electron chi connectivity index (χ3n) is 7.04. The second kappa shape index (κ2) is 14.7. The minimum absolute atomic E-state index is 0.141. The number of nitrogens with one attached hydrogen (secondary N) is 3. The van der Waals surface area contributed by atoms with Crippen molar-refractivity contribution < 1.29 is 24.6 Å². The zero-order chi connectivity index (χ0) is 34.4. The number of phenols is 2. The molecule has 0 spiro atoms. The maximum absolute atomic E-state index is 14.4. The van der Waals surface area contributed by atoms with Crippen molar-refractivity contribution in [2.24, 2.45) is 0 Å². The Kier molecular flexibility index (Phi) is 10.3. The van der Waals surface area contributed by atoms with Gasteiger partial charge in [-0.2, -0.15) is 15.3 Å². The molecule has 0 aliphatic rings. The van der Waals surface area contributed by atoms with Crippen LogP contribution < -0.4 is 26.0 Å². The summed E-state index contributed by atoms with van der Waals surface area (Å²) in [4.78, 5) is 42.1. The zero-order valence-corrected chi connectivity index (χ0v) is 28.3. The Morgan fingerprint density at radius 1 is 0.646 bits per heavy atom. The summed E-state index contributed by atoms with van der Waals surface area (Å²) < 4.78 is 1.02. The summed E-state index contributed by atoms with van der Waals surface area (Å²) in [7, 11) is 0. The smallest absolute Gasteiger partial charge is 0.346 e. The summed E-state index contributed by atoms with van der Waals surface area (Å²) in [5, 5.41) is 42.5. The number of hydrazine groups is 1. The fourth-order valence-corrected chi connectivity index (χ4v) is 5.44. The normalized spacial score (nSPS) is 10.4. The summed E-state index contributed by atoms with van der Waals surface area (Å²) in [5.74, 6) is -1.95. The van der Waals surface area contributed by atoms with Crippen molar-refractivity contribution in [2.45, 2.75) is 6.92 Å². The van der Waals surface area contributed by atoms with Gasteiger partial charge in [0.25, 0.3) is 5.91 Å². The van der Waals surface area contributed by atoms with E-state index in [9.17, 15) is 29.9 Å². The minimum Gasteiger partial charge on any atom is -0.505 e. The van der Waals surface area contributed by atoms with Gasteiger partial charge < -0.3 is 26.2 Å². The first-order valence-electron chi connectivity index (χ1n) is 14.2. The molecule has 0 aromatic heterocycles. The average molecular weight is 770 g/mol. The van der Waals surface area contributed by atoms with E-state index >= 15 is 0 Å². The molecule has 0 atom stereocenters. The number of rotatable bonds is 6. The Hall–Kier alpha value is -5.84. The molecule has 0 aliphatic carbocycles. The lowest BCUT2D eigenvalue weighted by Crippen LogP contribution is -2.54. The number of hydrogen-bond acceptors (Lipinski definition) is 6. The van der Waals surface area contributed by atoms with Gasteiger partial charge in [-0.15, -0.1) is 0 Å². The number of phenolic OH excluding ortho intramolecular Hbond substituents is 2. The number of nitriles is 1. The summed E-state index contributed by atoms with van der Waals surface area (Å²) in [6.07, 6.45) is 0. The van der Waals surface area contributed by atoms with Gasteiger partial charge in [-0.1, -0.05) is 54.6 Å². The molecular formula is C35H26Br2N6O5. The Balaban J connectivity index is 1.72. The van der Waals surface area contributed by atoms with Crippen LogP contribution in [0.25, 0.3) is 0 Å². The van der Waals surface area contributed by atoms with E-state index in [1.807, 2.05) is 6.07 Å². The fourth-order valence-electron chi connectivity index (χ4n) is 4.68. The lowest BCUT2D eigenvalue weighted by molar-refractivity contribution is 0.102. The monoisotopic (exact) mass is 768 g/mol. The topological polar surface area (TPSA) is 158 Å². The van der Waals surface area contributed by atoms with Crippen molar-refractivity contribution in [1.82, 2.24) is 0 Å². The molecule has 240 valence electrons. The molecule has 5 aromatic rings. The number of halogens is 2. The number of nitrogens with zero attached hydrogens (tertiary/aromatic N) is 3. The quantitative estimate of drug-likeness (QED) is 0.109. The number of carbonyl (C=O) groups is 3. The standard InChI is InChI=1S/C35H26Br2N6O5/c1-21-18-19-30(32(45)24(21)20-38)43(35(48)41-28-16-8-6-14-26(28)37)42(34(47)40-27-15-7-5-13-25(27)36)29-17-9-12-23(31(29)44)33(46)39-22-10-3-2-4-11-22/h2-19,44-45H,1H3,(H,39,46)(H,40,47)(H,41,48). The molecule has 0 bridgehead atoms. The first-order chi connectivity index (χ1) is 23.1. The number of urea groups is 2. The summed E-state index contributed by atoms with van der Waals surface area (Å²) in [5.41, 5.74) is 0.552. The van der Waals surface area contributed by atoms with Crippen LogP contribution in [-0.2, 0) is 0 Å². The fraction of sp³-hybridized carbons (Fsp3) is 0.0286. The molecular weight excluding hydrogens is 744 g/mol. The summed E-state index contributed by atoms with van der Waals surface area (Å²) in [6, 6.07) is 28.9. The molecule has 0 heterocycles. The third-order valence-corrected chi connectivity index (χ3v) is 8.42. The zero-order valence-electron chi connectivity index (χ0n) is 25.1. The first-order valence-corrected chi connectivity index (χ1v) is 15.8. The summed E-state index contributed by atoms with van der Waals surface area (Å²) in [6.45, 7) is 1.60. The molecule has 48 heavy (non-hydrogen) atoms. The van der Waals surface area contributed by atoms with Crippen LogP contribution in [-0.4, -0.2) is 28.2 Å². The number of benzene rings is 5. The number of hydrogen-bond donors (Lipinski definition) is 5. The average Bonchev–Trinajstić information content (AvgIpc) is 3.07. The van der Waals surface area contributed by atoms with E-state index < -0.39 is 29.5 Å². The Morgan fingerprint density at radius 2 is 1.17 bits per heavy atom. The molecule has 11 nitrogen and oxygen atoms in total. The van der Waals surface area contributed by atoms with E-state index in [1.54, 1.807) is 85.8 Å². The molecule has 5 aromatic carbocycles. The highest BCUT2D eigenvalue weighted by atomic mass is 79.9. The van der Waals surface area contributed by atoms with Crippen molar-refractivity contribution >= 4 is 78.3 Å². The lowest BCUT2D eigenvalue weighted by Gasteiger charge is -2.35. The Labute approximate surface area is 292 Å². The van der Waals surface area contributed by atoms with Gasteiger partial charge in [0.15, 0.2) is 11.5 Å². The van der Waals surface area contributed by atoms with Crippen molar-refractivity contribution in [2.75, 3.05) is 26.0 Å². The molecule has 5 rings (SSSR count). The summed E-state index contributed by atoms with van der Waals surface area (Å²) >= 11 is 6.79. The molecule has 0 saturated carbocycles. The predicted molar refractivity (Wildman–Crippen MR) is 191 cm³/mol. The van der Waals surface area contributed by atoms with Crippen molar-refractivity contribution in [1.29, 1.82) is 5.26 Å². The van der Waals surface area contributed by atoms with Gasteiger partial charge in [-0.3, -0.25) is 4.79 Å². The number of aryl methyl sites for hydroxylation is 1. The van der Waals surface area contributed by atoms with Crippen LogP contribution in [0, 0.1) is 18.3 Å².